The molecule has 1 aromatic heterocycles. The third-order valence-corrected chi connectivity index (χ3v) is 4.22. The van der Waals surface area contributed by atoms with Gasteiger partial charge in [0.1, 0.15) is 4.88 Å². The molecule has 1 aromatic carbocycles. The van der Waals surface area contributed by atoms with Gasteiger partial charge in [0.15, 0.2) is 0 Å². The molecule has 1 atom stereocenters. The van der Waals surface area contributed by atoms with E-state index >= 15 is 0 Å². The fraction of sp³-hybridized carbons (Fsp3) is 0.214. The molecule has 0 fully saturated rings. The molecule has 1 unspecified atom stereocenters. The Hall–Kier alpha value is -1.81. The molecule has 18 heavy (non-hydrogen) atoms. The number of anilines is 1. The van der Waals surface area contributed by atoms with Crippen molar-refractivity contribution in [1.29, 1.82) is 0 Å². The van der Waals surface area contributed by atoms with E-state index in [1.165, 1.54) is 11.3 Å². The number of amides is 1. The fourth-order valence-corrected chi connectivity index (χ4v) is 2.87. The average Bonchev–Trinajstić information content (AvgIpc) is 2.69. The molecule has 0 aliphatic carbocycles. The first-order valence-corrected chi connectivity index (χ1v) is 6.57. The van der Waals surface area contributed by atoms with Crippen LogP contribution in [0, 0.1) is 6.92 Å². The van der Waals surface area contributed by atoms with E-state index in [1.807, 2.05) is 32.0 Å². The highest BCUT2D eigenvalue weighted by Gasteiger charge is 2.17. The molecular formula is C14H16N2OS. The topological polar surface area (TPSA) is 55.1 Å². The molecule has 2 rings (SSSR count). The molecule has 0 aliphatic rings. The van der Waals surface area contributed by atoms with Crippen LogP contribution in [-0.2, 0) is 0 Å². The van der Waals surface area contributed by atoms with Crippen LogP contribution in [0.25, 0.3) is 10.1 Å². The highest BCUT2D eigenvalue weighted by Crippen LogP contribution is 2.35. The highest BCUT2D eigenvalue weighted by molar-refractivity contribution is 7.21. The molecule has 1 amide bonds. The summed E-state index contributed by atoms with van der Waals surface area (Å²) < 4.78 is 1.08. The molecule has 3 nitrogen and oxygen atoms in total. The van der Waals surface area contributed by atoms with Crippen molar-refractivity contribution in [2.45, 2.75) is 19.9 Å². The quantitative estimate of drug-likeness (QED) is 0.833. The molecule has 3 N–H and O–H groups in total. The van der Waals surface area contributed by atoms with Crippen molar-refractivity contribution in [3.05, 3.63) is 41.3 Å². The Bertz CT molecular complexity index is 616. The van der Waals surface area contributed by atoms with Gasteiger partial charge in [-0.3, -0.25) is 4.79 Å². The van der Waals surface area contributed by atoms with Crippen molar-refractivity contribution in [2.24, 2.45) is 0 Å². The van der Waals surface area contributed by atoms with E-state index < -0.39 is 0 Å². The number of fused-ring (bicyclic) bond motifs is 1. The first-order valence-electron chi connectivity index (χ1n) is 5.75. The van der Waals surface area contributed by atoms with Gasteiger partial charge in [-0.25, -0.2) is 0 Å². The third kappa shape index (κ3) is 2.11. The van der Waals surface area contributed by atoms with E-state index in [-0.39, 0.29) is 11.9 Å². The van der Waals surface area contributed by atoms with Crippen LogP contribution >= 0.6 is 11.3 Å². The highest BCUT2D eigenvalue weighted by atomic mass is 32.1. The minimum Gasteiger partial charge on any atom is -0.397 e. The summed E-state index contributed by atoms with van der Waals surface area (Å²) in [6.07, 6.45) is 1.69. The van der Waals surface area contributed by atoms with E-state index in [0.717, 1.165) is 15.6 Å². The van der Waals surface area contributed by atoms with Crippen LogP contribution in [0.15, 0.2) is 30.9 Å². The van der Waals surface area contributed by atoms with Crippen molar-refractivity contribution in [3.63, 3.8) is 0 Å². The van der Waals surface area contributed by atoms with Crippen LogP contribution in [0.4, 0.5) is 5.69 Å². The van der Waals surface area contributed by atoms with Gasteiger partial charge in [-0.05, 0) is 19.4 Å². The second-order valence-electron chi connectivity index (χ2n) is 4.29. The molecule has 2 aromatic rings. The zero-order valence-corrected chi connectivity index (χ0v) is 11.3. The smallest absolute Gasteiger partial charge is 0.263 e. The van der Waals surface area contributed by atoms with Crippen LogP contribution in [0.2, 0.25) is 0 Å². The maximum atomic E-state index is 12.1. The maximum absolute atomic E-state index is 12.1. The Morgan fingerprint density at radius 3 is 2.89 bits per heavy atom. The molecule has 1 heterocycles. The molecule has 0 bridgehead atoms. The average molecular weight is 260 g/mol. The Labute approximate surface area is 110 Å². The Kier molecular flexibility index (Phi) is 3.39. The zero-order chi connectivity index (χ0) is 13.3. The number of hydrogen-bond acceptors (Lipinski definition) is 3. The number of aryl methyl sites for hydroxylation is 1. The third-order valence-electron chi connectivity index (χ3n) is 2.87. The minimum atomic E-state index is -0.138. The normalized spacial score (nSPS) is 12.3. The number of nitrogen functional groups attached to an aromatic ring is 1. The van der Waals surface area contributed by atoms with Crippen LogP contribution < -0.4 is 11.1 Å². The number of nitrogens with one attached hydrogen (secondary N) is 1. The molecule has 94 valence electrons. The standard InChI is InChI=1S/C14H16N2OS/c1-4-9(3)16-14(17)13-11(15)10-7-5-6-8(2)12(10)18-13/h4-7,9H,1,15H2,2-3H3,(H,16,17). The van der Waals surface area contributed by atoms with E-state index in [1.54, 1.807) is 6.08 Å². The van der Waals surface area contributed by atoms with Gasteiger partial charge in [0.05, 0.1) is 5.69 Å². The lowest BCUT2D eigenvalue weighted by Gasteiger charge is -2.07. The lowest BCUT2D eigenvalue weighted by atomic mass is 10.1. The summed E-state index contributed by atoms with van der Waals surface area (Å²) in [6.45, 7) is 7.54. The van der Waals surface area contributed by atoms with Gasteiger partial charge < -0.3 is 11.1 Å². The van der Waals surface area contributed by atoms with Gasteiger partial charge in [0.2, 0.25) is 0 Å². The summed E-state index contributed by atoms with van der Waals surface area (Å²) in [7, 11) is 0. The Balaban J connectivity index is 2.46. The van der Waals surface area contributed by atoms with Gasteiger partial charge in [-0.2, -0.15) is 0 Å². The molecule has 0 saturated carbocycles. The second kappa shape index (κ2) is 4.82. The van der Waals surface area contributed by atoms with Crippen molar-refractivity contribution >= 4 is 33.0 Å². The predicted molar refractivity (Wildman–Crippen MR) is 78.1 cm³/mol. The summed E-state index contributed by atoms with van der Waals surface area (Å²) in [6, 6.07) is 5.85. The van der Waals surface area contributed by atoms with Crippen molar-refractivity contribution in [3.8, 4) is 0 Å². The van der Waals surface area contributed by atoms with Gasteiger partial charge >= 0.3 is 0 Å². The monoisotopic (exact) mass is 260 g/mol. The number of carbonyl (C=O) groups is 1. The zero-order valence-electron chi connectivity index (χ0n) is 10.5. The van der Waals surface area contributed by atoms with Gasteiger partial charge in [0, 0.05) is 16.1 Å². The summed E-state index contributed by atoms with van der Waals surface area (Å²) in [5.74, 6) is -0.138. The van der Waals surface area contributed by atoms with E-state index in [9.17, 15) is 4.79 Å². The van der Waals surface area contributed by atoms with Gasteiger partial charge in [-0.1, -0.05) is 24.3 Å². The van der Waals surface area contributed by atoms with Crippen LogP contribution in [0.5, 0.6) is 0 Å². The lowest BCUT2D eigenvalue weighted by molar-refractivity contribution is 0.0952. The summed E-state index contributed by atoms with van der Waals surface area (Å²) >= 11 is 1.44. The Morgan fingerprint density at radius 1 is 1.56 bits per heavy atom. The summed E-state index contributed by atoms with van der Waals surface area (Å²) in [5, 5.41) is 3.80. The molecule has 0 aliphatic heterocycles. The van der Waals surface area contributed by atoms with Gasteiger partial charge in [-0.15, -0.1) is 17.9 Å². The number of nitrogens with two attached hydrogens (primary N) is 1. The maximum Gasteiger partial charge on any atom is 0.263 e. The van der Waals surface area contributed by atoms with E-state index in [2.05, 4.69) is 11.9 Å². The van der Waals surface area contributed by atoms with Crippen LogP contribution in [-0.4, -0.2) is 11.9 Å². The van der Waals surface area contributed by atoms with Crippen molar-refractivity contribution in [2.75, 3.05) is 5.73 Å². The summed E-state index contributed by atoms with van der Waals surface area (Å²) in [5.41, 5.74) is 7.75. The fourth-order valence-electron chi connectivity index (χ4n) is 1.78. The summed E-state index contributed by atoms with van der Waals surface area (Å²) in [4.78, 5) is 12.7. The lowest BCUT2D eigenvalue weighted by Crippen LogP contribution is -2.30. The molecule has 0 saturated heterocycles. The largest absolute Gasteiger partial charge is 0.397 e. The molecule has 0 spiro atoms. The number of benzene rings is 1. The second-order valence-corrected chi connectivity index (χ2v) is 5.31. The molecular weight excluding hydrogens is 244 g/mol. The van der Waals surface area contributed by atoms with Crippen LogP contribution in [0.1, 0.15) is 22.2 Å². The first kappa shape index (κ1) is 12.6. The Morgan fingerprint density at radius 2 is 2.28 bits per heavy atom. The first-order chi connectivity index (χ1) is 8.54. The van der Waals surface area contributed by atoms with Crippen LogP contribution in [0.3, 0.4) is 0 Å². The SMILES string of the molecule is C=CC(C)NC(=O)c1sc2c(C)cccc2c1N. The van der Waals surface area contributed by atoms with E-state index in [4.69, 9.17) is 5.73 Å². The van der Waals surface area contributed by atoms with Gasteiger partial charge in [0.25, 0.3) is 5.91 Å². The van der Waals surface area contributed by atoms with Crippen molar-refractivity contribution < 1.29 is 4.79 Å². The predicted octanol–water partition coefficient (Wildman–Crippen LogP) is 3.10. The van der Waals surface area contributed by atoms with Crippen molar-refractivity contribution in [1.82, 2.24) is 5.32 Å². The molecule has 4 heteroatoms. The molecule has 0 radical (unpaired) electrons. The minimum absolute atomic E-state index is 0.0665. The number of thiophene rings is 1. The number of carbonyl (C=O) groups excluding carboxylic acids is 1. The number of hydrogen-bond donors (Lipinski definition) is 2. The van der Waals surface area contributed by atoms with E-state index in [0.29, 0.717) is 10.6 Å². The number of rotatable bonds is 3.